The predicted octanol–water partition coefficient (Wildman–Crippen LogP) is 1.94. The minimum Gasteiger partial charge on any atom is -0.384 e. The van der Waals surface area contributed by atoms with Gasteiger partial charge in [-0.05, 0) is 18.6 Å². The van der Waals surface area contributed by atoms with E-state index in [0.717, 1.165) is 48.7 Å². The van der Waals surface area contributed by atoms with E-state index in [1.54, 1.807) is 7.11 Å². The lowest BCUT2D eigenvalue weighted by Gasteiger charge is -2.32. The molecule has 3 heterocycles. The maximum absolute atomic E-state index is 5.89. The molecule has 2 aromatic heterocycles. The van der Waals surface area contributed by atoms with Gasteiger partial charge in [-0.2, -0.15) is 0 Å². The molecule has 0 aliphatic carbocycles. The smallest absolute Gasteiger partial charge is 0.130 e. The Hall–Kier alpha value is -1.89. The number of hydrogen-bond acceptors (Lipinski definition) is 6. The predicted molar refractivity (Wildman–Crippen MR) is 90.6 cm³/mol. The van der Waals surface area contributed by atoms with Gasteiger partial charge in [0.15, 0.2) is 0 Å². The van der Waals surface area contributed by atoms with Crippen molar-refractivity contribution >= 4 is 0 Å². The van der Waals surface area contributed by atoms with Crippen molar-refractivity contribution in [3.63, 3.8) is 0 Å². The van der Waals surface area contributed by atoms with Crippen LogP contribution in [0.5, 0.6) is 0 Å². The molecule has 0 radical (unpaired) electrons. The Morgan fingerprint density at radius 2 is 2.04 bits per heavy atom. The summed E-state index contributed by atoms with van der Waals surface area (Å²) < 4.78 is 10.9. The van der Waals surface area contributed by atoms with Crippen molar-refractivity contribution in [1.82, 2.24) is 19.9 Å². The van der Waals surface area contributed by atoms with Crippen molar-refractivity contribution < 1.29 is 9.47 Å². The lowest BCUT2D eigenvalue weighted by atomic mass is 10.1. The van der Waals surface area contributed by atoms with E-state index in [2.05, 4.69) is 32.0 Å². The van der Waals surface area contributed by atoms with Crippen LogP contribution in [0.15, 0.2) is 30.7 Å². The van der Waals surface area contributed by atoms with E-state index in [4.69, 9.17) is 9.47 Å². The number of ether oxygens (including phenoxy) is 2. The Balaban J connectivity index is 1.57. The second kappa shape index (κ2) is 8.28. The van der Waals surface area contributed by atoms with Gasteiger partial charge < -0.3 is 9.47 Å². The van der Waals surface area contributed by atoms with Crippen LogP contribution in [0.3, 0.4) is 0 Å². The molecule has 3 rings (SSSR count). The lowest BCUT2D eigenvalue weighted by molar-refractivity contribution is -0.0350. The van der Waals surface area contributed by atoms with Gasteiger partial charge in [-0.15, -0.1) is 0 Å². The molecule has 24 heavy (non-hydrogen) atoms. The number of aryl methyl sites for hydroxylation is 1. The number of aromatic nitrogens is 3. The number of nitrogens with zero attached hydrogens (tertiary/aromatic N) is 4. The summed E-state index contributed by atoms with van der Waals surface area (Å²) in [7, 11) is 1.69. The molecule has 0 aromatic carbocycles. The summed E-state index contributed by atoms with van der Waals surface area (Å²) in [6.07, 6.45) is 6.49. The van der Waals surface area contributed by atoms with E-state index in [-0.39, 0.29) is 6.10 Å². The summed E-state index contributed by atoms with van der Waals surface area (Å²) in [6.45, 7) is 5.98. The third-order valence-corrected chi connectivity index (χ3v) is 4.11. The highest BCUT2D eigenvalue weighted by atomic mass is 16.5. The van der Waals surface area contributed by atoms with Crippen LogP contribution in [0.25, 0.3) is 0 Å². The number of hydrogen-bond donors (Lipinski definition) is 0. The molecule has 6 heteroatoms. The van der Waals surface area contributed by atoms with Crippen molar-refractivity contribution in [3.05, 3.63) is 53.4 Å². The SMILES string of the molecule is COCCc1ncc(CN2CCO[C@@H](c3ccc(C)cn3)C2)cn1. The van der Waals surface area contributed by atoms with Crippen molar-refractivity contribution in [2.75, 3.05) is 33.4 Å². The second-order valence-corrected chi connectivity index (χ2v) is 6.11. The van der Waals surface area contributed by atoms with Gasteiger partial charge >= 0.3 is 0 Å². The highest BCUT2D eigenvalue weighted by Gasteiger charge is 2.23. The van der Waals surface area contributed by atoms with Crippen LogP contribution in [0.4, 0.5) is 0 Å². The first-order valence-electron chi connectivity index (χ1n) is 8.30. The van der Waals surface area contributed by atoms with Crippen LogP contribution in [-0.4, -0.2) is 53.3 Å². The number of pyridine rings is 1. The van der Waals surface area contributed by atoms with Crippen molar-refractivity contribution in [2.24, 2.45) is 0 Å². The van der Waals surface area contributed by atoms with E-state index in [1.807, 2.05) is 25.5 Å². The molecule has 0 spiro atoms. The standard InChI is InChI=1S/C18H24N4O2/c1-14-3-4-16(19-9-14)17-13-22(6-8-24-17)12-15-10-20-18(21-11-15)5-7-23-2/h3-4,9-11,17H,5-8,12-13H2,1-2H3/t17-/m1/s1. The highest BCUT2D eigenvalue weighted by Crippen LogP contribution is 2.21. The molecule has 0 saturated carbocycles. The Morgan fingerprint density at radius 1 is 1.21 bits per heavy atom. The monoisotopic (exact) mass is 328 g/mol. The van der Waals surface area contributed by atoms with Crippen LogP contribution in [0.1, 0.15) is 28.7 Å². The van der Waals surface area contributed by atoms with Gasteiger partial charge in [0.25, 0.3) is 0 Å². The summed E-state index contributed by atoms with van der Waals surface area (Å²) in [6, 6.07) is 4.13. The molecule has 1 atom stereocenters. The first kappa shape index (κ1) is 17.0. The zero-order valence-corrected chi connectivity index (χ0v) is 14.3. The minimum absolute atomic E-state index is 0.0289. The summed E-state index contributed by atoms with van der Waals surface area (Å²) in [4.78, 5) is 15.7. The largest absolute Gasteiger partial charge is 0.384 e. The van der Waals surface area contributed by atoms with Crippen LogP contribution in [-0.2, 0) is 22.4 Å². The van der Waals surface area contributed by atoms with Gasteiger partial charge in [-0.3, -0.25) is 9.88 Å². The number of methoxy groups -OCH3 is 1. The average Bonchev–Trinajstić information content (AvgIpc) is 2.62. The fourth-order valence-corrected chi connectivity index (χ4v) is 2.74. The maximum Gasteiger partial charge on any atom is 0.130 e. The zero-order chi connectivity index (χ0) is 16.8. The van der Waals surface area contributed by atoms with E-state index in [9.17, 15) is 0 Å². The Bertz CT molecular complexity index is 630. The van der Waals surface area contributed by atoms with Gasteiger partial charge in [-0.1, -0.05) is 6.07 Å². The van der Waals surface area contributed by atoms with Crippen molar-refractivity contribution in [1.29, 1.82) is 0 Å². The average molecular weight is 328 g/mol. The van der Waals surface area contributed by atoms with Crippen LogP contribution < -0.4 is 0 Å². The topological polar surface area (TPSA) is 60.4 Å². The maximum atomic E-state index is 5.89. The first-order chi connectivity index (χ1) is 11.7. The first-order valence-corrected chi connectivity index (χ1v) is 8.30. The van der Waals surface area contributed by atoms with E-state index in [1.165, 1.54) is 0 Å². The summed E-state index contributed by atoms with van der Waals surface area (Å²) in [5.41, 5.74) is 3.28. The number of rotatable bonds is 6. The summed E-state index contributed by atoms with van der Waals surface area (Å²) in [5.74, 6) is 0.823. The van der Waals surface area contributed by atoms with Crippen molar-refractivity contribution in [3.8, 4) is 0 Å². The van der Waals surface area contributed by atoms with Gasteiger partial charge in [-0.25, -0.2) is 9.97 Å². The molecule has 0 amide bonds. The molecule has 0 bridgehead atoms. The fourth-order valence-electron chi connectivity index (χ4n) is 2.74. The zero-order valence-electron chi connectivity index (χ0n) is 14.3. The Morgan fingerprint density at radius 3 is 2.75 bits per heavy atom. The second-order valence-electron chi connectivity index (χ2n) is 6.11. The molecule has 1 saturated heterocycles. The molecular formula is C18H24N4O2. The van der Waals surface area contributed by atoms with Gasteiger partial charge in [0.05, 0.1) is 18.9 Å². The van der Waals surface area contributed by atoms with Crippen LogP contribution >= 0.6 is 0 Å². The molecular weight excluding hydrogens is 304 g/mol. The van der Waals surface area contributed by atoms with Crippen LogP contribution in [0.2, 0.25) is 0 Å². The highest BCUT2D eigenvalue weighted by molar-refractivity contribution is 5.15. The van der Waals surface area contributed by atoms with Crippen molar-refractivity contribution in [2.45, 2.75) is 26.0 Å². The molecule has 2 aromatic rings. The number of morpholine rings is 1. The normalized spacial score (nSPS) is 18.7. The molecule has 1 aliphatic heterocycles. The summed E-state index contributed by atoms with van der Waals surface area (Å²) >= 11 is 0. The molecule has 1 aliphatic rings. The minimum atomic E-state index is 0.0289. The lowest BCUT2D eigenvalue weighted by Crippen LogP contribution is -2.38. The summed E-state index contributed by atoms with van der Waals surface area (Å²) in [5, 5.41) is 0. The molecule has 0 N–H and O–H groups in total. The van der Waals surface area contributed by atoms with Gasteiger partial charge in [0, 0.05) is 57.3 Å². The molecule has 128 valence electrons. The van der Waals surface area contributed by atoms with Crippen LogP contribution in [0, 0.1) is 6.92 Å². The van der Waals surface area contributed by atoms with E-state index in [0.29, 0.717) is 13.2 Å². The molecule has 6 nitrogen and oxygen atoms in total. The molecule has 1 fully saturated rings. The van der Waals surface area contributed by atoms with Gasteiger partial charge in [0.2, 0.25) is 0 Å². The third kappa shape index (κ3) is 4.56. The van der Waals surface area contributed by atoms with E-state index < -0.39 is 0 Å². The Labute approximate surface area is 142 Å². The quantitative estimate of drug-likeness (QED) is 0.808. The third-order valence-electron chi connectivity index (χ3n) is 4.11. The Kier molecular flexibility index (Phi) is 5.85. The van der Waals surface area contributed by atoms with Gasteiger partial charge in [0.1, 0.15) is 11.9 Å². The molecule has 0 unspecified atom stereocenters. The fraction of sp³-hybridized carbons (Fsp3) is 0.500. The van der Waals surface area contributed by atoms with E-state index >= 15 is 0 Å².